The van der Waals surface area contributed by atoms with Crippen LogP contribution in [0.1, 0.15) is 107 Å². The van der Waals surface area contributed by atoms with Crippen molar-refractivity contribution in [2.75, 3.05) is 6.61 Å². The van der Waals surface area contributed by atoms with Crippen molar-refractivity contribution in [2.45, 2.75) is 127 Å². The highest BCUT2D eigenvalue weighted by molar-refractivity contribution is 6.32. The molecule has 1 aromatic heterocycles. The van der Waals surface area contributed by atoms with Gasteiger partial charge in [-0.1, -0.05) is 49.1 Å². The molecule has 1 unspecified atom stereocenters. The summed E-state index contributed by atoms with van der Waals surface area (Å²) in [5, 5.41) is 5.90. The quantitative estimate of drug-likeness (QED) is 0.152. The van der Waals surface area contributed by atoms with E-state index in [9.17, 15) is 28.8 Å². The molecular weight excluding hydrogens is 712 g/mol. The lowest BCUT2D eigenvalue weighted by Gasteiger charge is -2.32. The summed E-state index contributed by atoms with van der Waals surface area (Å²) in [6.45, 7) is 0.0964. The minimum Gasteiger partial charge on any atom is -0.490 e. The van der Waals surface area contributed by atoms with E-state index in [2.05, 4.69) is 10.6 Å². The number of piperidine rings is 1. The molecule has 14 heteroatoms. The van der Waals surface area contributed by atoms with E-state index in [1.807, 2.05) is 30.3 Å². The number of aryl methyl sites for hydroxylation is 3. The van der Waals surface area contributed by atoms with Gasteiger partial charge in [0.2, 0.25) is 29.5 Å². The number of fused-ring (bicyclic) bond motifs is 2. The second kappa shape index (κ2) is 17.7. The highest BCUT2D eigenvalue weighted by atomic mass is 35.5. The number of ether oxygens (including phenoxy) is 1. The maximum Gasteiger partial charge on any atom is 0.329 e. The van der Waals surface area contributed by atoms with Crippen molar-refractivity contribution in [3.63, 3.8) is 0 Å². The fourth-order valence-corrected chi connectivity index (χ4v) is 8.52. The van der Waals surface area contributed by atoms with Crippen molar-refractivity contribution in [3.05, 3.63) is 63.0 Å². The van der Waals surface area contributed by atoms with Gasteiger partial charge in [0.05, 0.1) is 22.1 Å². The third-order valence-corrected chi connectivity index (χ3v) is 11.6. The van der Waals surface area contributed by atoms with E-state index < -0.39 is 29.9 Å². The van der Waals surface area contributed by atoms with Crippen LogP contribution in [0, 0.1) is 0 Å². The summed E-state index contributed by atoms with van der Waals surface area (Å²) in [6.07, 6.45) is 11.0. The van der Waals surface area contributed by atoms with Crippen LogP contribution in [0.2, 0.25) is 5.02 Å². The normalized spacial score (nSPS) is 21.0. The van der Waals surface area contributed by atoms with Crippen molar-refractivity contribution in [2.24, 2.45) is 12.8 Å². The Morgan fingerprint density at radius 1 is 0.963 bits per heavy atom. The standard InChI is InChI=1S/C40H51ClN6O7/c1-45-32-23-25(15-18-29(32)47(40(45)53)31-20-22-35(49)44-39(31)52)9-4-2-5-10-26-11-8-13-33(37(26)41)54-24-27(16-21-34(42)48)43-38(51)30-19-17-28-12-6-3-7-14-36(50)46(28)30/h8,11,13,15,18,23,27-28,30-31H,2-7,9-10,12,14,16-17,19-22,24H2,1H3,(H2,42,48)(H,43,51)(H,44,49,52)/t27-,28-,30-,31?/m0/s1. The highest BCUT2D eigenvalue weighted by Crippen LogP contribution is 2.32. The Kier molecular flexibility index (Phi) is 12.8. The minimum atomic E-state index is -0.712. The van der Waals surface area contributed by atoms with Crippen LogP contribution in [0.15, 0.2) is 41.2 Å². The summed E-state index contributed by atoms with van der Waals surface area (Å²) in [5.74, 6) is -0.922. The molecule has 6 rings (SSSR count). The van der Waals surface area contributed by atoms with E-state index in [-0.39, 0.29) is 48.9 Å². The Morgan fingerprint density at radius 2 is 1.78 bits per heavy atom. The van der Waals surface area contributed by atoms with Crippen LogP contribution in [-0.4, -0.2) is 68.3 Å². The summed E-state index contributed by atoms with van der Waals surface area (Å²) in [6, 6.07) is 9.89. The van der Waals surface area contributed by atoms with Gasteiger partial charge in [-0.05, 0) is 93.5 Å². The van der Waals surface area contributed by atoms with Crippen molar-refractivity contribution in [1.29, 1.82) is 0 Å². The predicted molar refractivity (Wildman–Crippen MR) is 204 cm³/mol. The summed E-state index contributed by atoms with van der Waals surface area (Å²) in [5.41, 5.74) is 8.63. The molecule has 0 radical (unpaired) electrons. The fourth-order valence-electron chi connectivity index (χ4n) is 8.24. The molecule has 0 aliphatic carbocycles. The van der Waals surface area contributed by atoms with E-state index in [0.29, 0.717) is 42.0 Å². The lowest BCUT2D eigenvalue weighted by molar-refractivity contribution is -0.141. The zero-order valence-electron chi connectivity index (χ0n) is 30.9. The van der Waals surface area contributed by atoms with Gasteiger partial charge in [0.15, 0.2) is 0 Å². The Balaban J connectivity index is 1.01. The Bertz CT molecular complexity index is 1960. The number of imidazole rings is 1. The molecule has 0 spiro atoms. The predicted octanol–water partition coefficient (Wildman–Crippen LogP) is 4.38. The van der Waals surface area contributed by atoms with Gasteiger partial charge in [-0.3, -0.25) is 38.4 Å². The summed E-state index contributed by atoms with van der Waals surface area (Å²) >= 11 is 6.81. The first-order chi connectivity index (χ1) is 26.0. The number of hydrogen-bond donors (Lipinski definition) is 3. The minimum absolute atomic E-state index is 0.0414. The molecule has 54 heavy (non-hydrogen) atoms. The van der Waals surface area contributed by atoms with Gasteiger partial charge in [0.1, 0.15) is 24.4 Å². The van der Waals surface area contributed by atoms with Crippen LogP contribution in [0.3, 0.4) is 0 Å². The molecule has 5 amide bonds. The van der Waals surface area contributed by atoms with Crippen molar-refractivity contribution >= 4 is 52.2 Å². The number of nitrogens with two attached hydrogens (primary N) is 1. The van der Waals surface area contributed by atoms with Crippen LogP contribution >= 0.6 is 11.6 Å². The Morgan fingerprint density at radius 3 is 2.57 bits per heavy atom. The molecule has 4 heterocycles. The first kappa shape index (κ1) is 39.1. The van der Waals surface area contributed by atoms with E-state index in [1.54, 1.807) is 22.6 Å². The molecule has 0 bridgehead atoms. The van der Waals surface area contributed by atoms with E-state index in [1.165, 1.54) is 4.57 Å². The van der Waals surface area contributed by atoms with E-state index >= 15 is 0 Å². The molecule has 0 saturated carbocycles. The zero-order valence-corrected chi connectivity index (χ0v) is 31.7. The number of amides is 5. The van der Waals surface area contributed by atoms with Crippen molar-refractivity contribution in [3.8, 4) is 5.75 Å². The first-order valence-electron chi connectivity index (χ1n) is 19.4. The van der Waals surface area contributed by atoms with Gasteiger partial charge in [-0.15, -0.1) is 0 Å². The number of carbonyl (C=O) groups is 5. The average molecular weight is 763 g/mol. The molecule has 3 aliphatic rings. The molecule has 4 atom stereocenters. The lowest BCUT2D eigenvalue weighted by atomic mass is 10.0. The van der Waals surface area contributed by atoms with Gasteiger partial charge < -0.3 is 20.7 Å². The molecule has 2 aromatic carbocycles. The molecule has 3 fully saturated rings. The number of benzene rings is 2. The van der Waals surface area contributed by atoms with Crippen molar-refractivity contribution in [1.82, 2.24) is 24.7 Å². The van der Waals surface area contributed by atoms with Crippen LogP contribution in [0.5, 0.6) is 5.75 Å². The molecule has 290 valence electrons. The number of hydrogen-bond acceptors (Lipinski definition) is 7. The third-order valence-electron chi connectivity index (χ3n) is 11.2. The number of nitrogens with zero attached hydrogens (tertiary/aromatic N) is 3. The SMILES string of the molecule is Cn1c(=O)n(C2CCC(=O)NC2=O)c2ccc(CCCCCc3cccc(OC[C@H](CCC(N)=O)NC(=O)[C@@H]4CC[C@@H]5CCCCCC(=O)N54)c3Cl)cc21. The number of imide groups is 1. The van der Waals surface area contributed by atoms with E-state index in [0.717, 1.165) is 80.9 Å². The van der Waals surface area contributed by atoms with Crippen LogP contribution in [0.25, 0.3) is 11.0 Å². The van der Waals surface area contributed by atoms with Crippen LogP contribution in [-0.2, 0) is 43.9 Å². The lowest BCUT2D eigenvalue weighted by Crippen LogP contribution is -2.52. The number of halogens is 1. The third kappa shape index (κ3) is 8.99. The summed E-state index contributed by atoms with van der Waals surface area (Å²) in [4.78, 5) is 77.2. The maximum atomic E-state index is 13.5. The number of primary amides is 1. The number of unbranched alkanes of at least 4 members (excludes halogenated alkanes) is 2. The fraction of sp³-hybridized carbons (Fsp3) is 0.550. The average Bonchev–Trinajstić information content (AvgIpc) is 3.66. The van der Waals surface area contributed by atoms with E-state index in [4.69, 9.17) is 22.1 Å². The summed E-state index contributed by atoms with van der Waals surface area (Å²) < 4.78 is 9.19. The topological polar surface area (TPSA) is 175 Å². The first-order valence-corrected chi connectivity index (χ1v) is 19.7. The zero-order chi connectivity index (χ0) is 38.4. The molecule has 3 aliphatic heterocycles. The number of nitrogens with one attached hydrogen (secondary N) is 2. The number of rotatable bonds is 15. The second-order valence-corrected chi connectivity index (χ2v) is 15.3. The van der Waals surface area contributed by atoms with Gasteiger partial charge >= 0.3 is 5.69 Å². The van der Waals surface area contributed by atoms with Crippen LogP contribution in [0.4, 0.5) is 0 Å². The summed E-state index contributed by atoms with van der Waals surface area (Å²) in [7, 11) is 1.69. The smallest absolute Gasteiger partial charge is 0.329 e. The molecule has 3 saturated heterocycles. The number of aromatic nitrogens is 2. The molecular formula is C40H51ClN6O7. The largest absolute Gasteiger partial charge is 0.490 e. The monoisotopic (exact) mass is 762 g/mol. The number of carbonyl (C=O) groups excluding carboxylic acids is 5. The Labute approximate surface area is 319 Å². The molecule has 4 N–H and O–H groups in total. The van der Waals surface area contributed by atoms with Crippen molar-refractivity contribution < 1.29 is 28.7 Å². The van der Waals surface area contributed by atoms with Crippen LogP contribution < -0.4 is 26.8 Å². The molecule has 13 nitrogen and oxygen atoms in total. The van der Waals surface area contributed by atoms with Gasteiger partial charge in [0, 0.05) is 32.4 Å². The Hall–Kier alpha value is -4.65. The van der Waals surface area contributed by atoms with Gasteiger partial charge in [-0.25, -0.2) is 4.79 Å². The maximum absolute atomic E-state index is 13.5. The molecule has 3 aromatic rings. The second-order valence-electron chi connectivity index (χ2n) is 15.0. The van der Waals surface area contributed by atoms with Gasteiger partial charge in [-0.2, -0.15) is 0 Å². The van der Waals surface area contributed by atoms with Gasteiger partial charge in [0.25, 0.3) is 0 Å². The highest BCUT2D eigenvalue weighted by Gasteiger charge is 2.41.